The van der Waals surface area contributed by atoms with Gasteiger partial charge in [0.15, 0.2) is 0 Å². The van der Waals surface area contributed by atoms with Crippen LogP contribution < -0.4 is 0 Å². The fourth-order valence-electron chi connectivity index (χ4n) is 3.39. The molecule has 0 aliphatic carbocycles. The second kappa shape index (κ2) is 6.57. The van der Waals surface area contributed by atoms with Gasteiger partial charge in [0.05, 0.1) is 12.3 Å². The Hall–Kier alpha value is -2.25. The monoisotopic (exact) mass is 347 g/mol. The zero-order valence-electron chi connectivity index (χ0n) is 15.7. The molecular formula is C17H27N6O2+. The van der Waals surface area contributed by atoms with Gasteiger partial charge in [-0.1, -0.05) is 32.2 Å². The fraction of sp³-hybridized carbons (Fsp3) is 0.706. The molecule has 136 valence electrons. The first-order chi connectivity index (χ1) is 11.8. The number of amides is 3. The SMILES string of the molecule is CCCCN1N=C(C)C[N+]2=C1N=C1C2C(=O)N(CC(C)C)C(=O)N1C. The van der Waals surface area contributed by atoms with Gasteiger partial charge < -0.3 is 0 Å². The van der Waals surface area contributed by atoms with E-state index in [1.54, 1.807) is 7.05 Å². The van der Waals surface area contributed by atoms with Crippen molar-refractivity contribution in [3.8, 4) is 0 Å². The van der Waals surface area contributed by atoms with Gasteiger partial charge in [0.2, 0.25) is 11.9 Å². The van der Waals surface area contributed by atoms with E-state index in [0.29, 0.717) is 24.9 Å². The number of hydrazone groups is 1. The van der Waals surface area contributed by atoms with Crippen molar-refractivity contribution in [1.29, 1.82) is 0 Å². The van der Waals surface area contributed by atoms with E-state index >= 15 is 0 Å². The van der Waals surface area contributed by atoms with Gasteiger partial charge in [0.1, 0.15) is 6.54 Å². The molecule has 0 radical (unpaired) electrons. The van der Waals surface area contributed by atoms with Crippen LogP contribution in [0.1, 0.15) is 40.5 Å². The normalized spacial score (nSPS) is 23.3. The van der Waals surface area contributed by atoms with E-state index in [2.05, 4.69) is 17.0 Å². The Bertz CT molecular complexity index is 693. The van der Waals surface area contributed by atoms with Crippen LogP contribution in [0.25, 0.3) is 0 Å². The lowest BCUT2D eigenvalue weighted by Crippen LogP contribution is -2.63. The molecule has 3 aliphatic heterocycles. The van der Waals surface area contributed by atoms with E-state index in [-0.39, 0.29) is 17.9 Å². The minimum atomic E-state index is -0.536. The predicted octanol–water partition coefficient (Wildman–Crippen LogP) is 1.18. The Morgan fingerprint density at radius 1 is 1.32 bits per heavy atom. The van der Waals surface area contributed by atoms with E-state index in [1.807, 2.05) is 30.4 Å². The maximum Gasteiger partial charge on any atom is 0.416 e. The summed E-state index contributed by atoms with van der Waals surface area (Å²) in [5.41, 5.74) is 0.944. The van der Waals surface area contributed by atoms with Crippen LogP contribution in [0.4, 0.5) is 4.79 Å². The topological polar surface area (TPSA) is 71.6 Å². The number of rotatable bonds is 5. The van der Waals surface area contributed by atoms with Gasteiger partial charge in [-0.25, -0.2) is 9.37 Å². The predicted molar refractivity (Wildman–Crippen MR) is 95.8 cm³/mol. The lowest BCUT2D eigenvalue weighted by atomic mass is 10.1. The van der Waals surface area contributed by atoms with Crippen LogP contribution in [-0.2, 0) is 4.79 Å². The number of imide groups is 1. The van der Waals surface area contributed by atoms with Crippen molar-refractivity contribution >= 4 is 29.4 Å². The van der Waals surface area contributed by atoms with E-state index in [0.717, 1.165) is 25.1 Å². The van der Waals surface area contributed by atoms with E-state index < -0.39 is 6.04 Å². The molecule has 1 fully saturated rings. The first kappa shape index (κ1) is 17.6. The number of nitrogens with zero attached hydrogens (tertiary/aromatic N) is 6. The Kier molecular flexibility index (Phi) is 4.62. The molecule has 0 spiro atoms. The quantitative estimate of drug-likeness (QED) is 0.701. The lowest BCUT2D eigenvalue weighted by Gasteiger charge is -2.35. The molecular weight excluding hydrogens is 320 g/mol. The Labute approximate surface area is 148 Å². The molecule has 3 amide bonds. The molecule has 0 aromatic rings. The second-order valence-corrected chi connectivity index (χ2v) is 7.30. The largest absolute Gasteiger partial charge is 0.416 e. The molecule has 0 N–H and O–H groups in total. The van der Waals surface area contributed by atoms with Crippen molar-refractivity contribution in [2.75, 3.05) is 26.7 Å². The number of hydrogen-bond donors (Lipinski definition) is 0. The summed E-state index contributed by atoms with van der Waals surface area (Å²) in [5, 5.41) is 6.46. The maximum atomic E-state index is 13.1. The van der Waals surface area contributed by atoms with Crippen LogP contribution in [0.2, 0.25) is 0 Å². The van der Waals surface area contributed by atoms with Gasteiger partial charge in [-0.2, -0.15) is 0 Å². The van der Waals surface area contributed by atoms with Crippen molar-refractivity contribution in [3.05, 3.63) is 0 Å². The maximum absolute atomic E-state index is 13.1. The van der Waals surface area contributed by atoms with Gasteiger partial charge in [-0.15, -0.1) is 10.1 Å². The number of unbranched alkanes of at least 4 members (excludes halogenated alkanes) is 1. The smallest absolute Gasteiger partial charge is 0.270 e. The highest BCUT2D eigenvalue weighted by molar-refractivity contribution is 6.23. The van der Waals surface area contributed by atoms with Gasteiger partial charge >= 0.3 is 12.0 Å². The molecule has 1 unspecified atom stereocenters. The van der Waals surface area contributed by atoms with Crippen LogP contribution >= 0.6 is 0 Å². The molecule has 0 bridgehead atoms. The van der Waals surface area contributed by atoms with Crippen LogP contribution in [-0.4, -0.2) is 81.6 Å². The van der Waals surface area contributed by atoms with Crippen LogP contribution in [0.3, 0.4) is 0 Å². The summed E-state index contributed by atoms with van der Waals surface area (Å²) in [7, 11) is 1.69. The number of guanidine groups is 1. The highest BCUT2D eigenvalue weighted by atomic mass is 16.2. The van der Waals surface area contributed by atoms with Crippen LogP contribution in [0.15, 0.2) is 10.1 Å². The molecule has 0 saturated carbocycles. The molecule has 3 aliphatic rings. The molecule has 0 aromatic carbocycles. The summed E-state index contributed by atoms with van der Waals surface area (Å²) < 4.78 is 1.98. The van der Waals surface area contributed by atoms with Gasteiger partial charge in [-0.05, 0) is 19.3 Å². The first-order valence-corrected chi connectivity index (χ1v) is 8.98. The number of hydrogen-bond acceptors (Lipinski definition) is 5. The van der Waals surface area contributed by atoms with Gasteiger partial charge in [-0.3, -0.25) is 14.6 Å². The molecule has 3 heterocycles. The zero-order chi connectivity index (χ0) is 18.3. The number of carbonyl (C=O) groups excluding carboxylic acids is 2. The number of amidine groups is 1. The summed E-state index contributed by atoms with van der Waals surface area (Å²) in [6.07, 6.45) is 2.05. The van der Waals surface area contributed by atoms with E-state index in [4.69, 9.17) is 0 Å². The summed E-state index contributed by atoms with van der Waals surface area (Å²) in [6.45, 7) is 9.82. The molecule has 3 rings (SSSR count). The average Bonchev–Trinajstić information content (AvgIpc) is 2.94. The highest BCUT2D eigenvalue weighted by Gasteiger charge is 2.54. The van der Waals surface area contributed by atoms with Gasteiger partial charge in [0.25, 0.3) is 5.91 Å². The molecule has 1 saturated heterocycles. The minimum Gasteiger partial charge on any atom is -0.270 e. The minimum absolute atomic E-state index is 0.185. The second-order valence-electron chi connectivity index (χ2n) is 7.30. The standard InChI is InChI=1S/C17H27N6O2/c1-6-7-8-23-16-18-14-13(21(16)10-12(4)19-23)15(24)22(9-11(2)3)17(25)20(14)5/h11,13H,6-10H2,1-5H3/q+1. The summed E-state index contributed by atoms with van der Waals surface area (Å²) in [6, 6.07) is -0.835. The van der Waals surface area contributed by atoms with Gasteiger partial charge in [0, 0.05) is 13.6 Å². The number of likely N-dealkylation sites (N-methyl/N-ethyl adjacent to an activating group) is 1. The Morgan fingerprint density at radius 3 is 2.68 bits per heavy atom. The van der Waals surface area contributed by atoms with E-state index in [1.165, 1.54) is 9.80 Å². The molecule has 25 heavy (non-hydrogen) atoms. The third-order valence-corrected chi connectivity index (χ3v) is 4.58. The van der Waals surface area contributed by atoms with Crippen molar-refractivity contribution in [2.24, 2.45) is 16.0 Å². The Morgan fingerprint density at radius 2 is 2.04 bits per heavy atom. The fourth-order valence-corrected chi connectivity index (χ4v) is 3.39. The third-order valence-electron chi connectivity index (χ3n) is 4.58. The van der Waals surface area contributed by atoms with Crippen molar-refractivity contribution < 1.29 is 14.2 Å². The lowest BCUT2D eigenvalue weighted by molar-refractivity contribution is -0.527. The van der Waals surface area contributed by atoms with Crippen LogP contribution in [0, 0.1) is 5.92 Å². The highest BCUT2D eigenvalue weighted by Crippen LogP contribution is 2.23. The average molecular weight is 347 g/mol. The summed E-state index contributed by atoms with van der Waals surface area (Å²) in [5.74, 6) is 1.22. The Balaban J connectivity index is 1.96. The number of fused-ring (bicyclic) bond motifs is 2. The third kappa shape index (κ3) is 2.94. The van der Waals surface area contributed by atoms with Crippen LogP contribution in [0.5, 0.6) is 0 Å². The molecule has 8 heteroatoms. The summed E-state index contributed by atoms with van der Waals surface area (Å²) >= 11 is 0. The van der Waals surface area contributed by atoms with Crippen molar-refractivity contribution in [1.82, 2.24) is 14.8 Å². The zero-order valence-corrected chi connectivity index (χ0v) is 15.7. The van der Waals surface area contributed by atoms with Crippen molar-refractivity contribution in [2.45, 2.75) is 46.6 Å². The number of urea groups is 1. The molecule has 1 atom stereocenters. The molecule has 8 nitrogen and oxygen atoms in total. The number of aliphatic imine (C=N–C) groups is 1. The number of carbonyl (C=O) groups is 2. The molecule has 0 aromatic heterocycles. The van der Waals surface area contributed by atoms with E-state index in [9.17, 15) is 9.59 Å². The first-order valence-electron chi connectivity index (χ1n) is 8.98. The van der Waals surface area contributed by atoms with Crippen molar-refractivity contribution in [3.63, 3.8) is 0 Å². The summed E-state index contributed by atoms with van der Waals surface area (Å²) in [4.78, 5) is 33.2.